The Bertz CT molecular complexity index is 459. The van der Waals surface area contributed by atoms with Crippen molar-refractivity contribution in [1.82, 2.24) is 9.97 Å². The van der Waals surface area contributed by atoms with E-state index >= 15 is 0 Å². The molecule has 18 heavy (non-hydrogen) atoms. The van der Waals surface area contributed by atoms with E-state index in [-0.39, 0.29) is 5.69 Å². The number of aromatic nitrogens is 2. The monoisotopic (exact) mass is 251 g/mol. The molecule has 1 aliphatic carbocycles. The highest BCUT2D eigenvalue weighted by Gasteiger charge is 2.25. The summed E-state index contributed by atoms with van der Waals surface area (Å²) in [6.45, 7) is 4.97. The molecule has 0 saturated heterocycles. The molecular formula is C11H17N5O2. The zero-order valence-electron chi connectivity index (χ0n) is 10.6. The molecule has 1 aliphatic rings. The van der Waals surface area contributed by atoms with Gasteiger partial charge >= 0.3 is 5.69 Å². The summed E-state index contributed by atoms with van der Waals surface area (Å²) >= 11 is 0. The highest BCUT2D eigenvalue weighted by Crippen LogP contribution is 2.31. The van der Waals surface area contributed by atoms with Crippen molar-refractivity contribution >= 4 is 17.5 Å². The van der Waals surface area contributed by atoms with Gasteiger partial charge in [-0.15, -0.1) is 0 Å². The van der Waals surface area contributed by atoms with Gasteiger partial charge in [0, 0.05) is 13.1 Å². The number of nitrogens with zero attached hydrogens (tertiary/aromatic N) is 3. The normalized spacial score (nSPS) is 14.3. The smallest absolute Gasteiger partial charge is 0.332 e. The van der Waals surface area contributed by atoms with E-state index in [9.17, 15) is 10.1 Å². The third kappa shape index (κ3) is 2.85. The summed E-state index contributed by atoms with van der Waals surface area (Å²) < 4.78 is 0. The molecule has 0 aliphatic heterocycles. The molecule has 2 N–H and O–H groups in total. The first-order chi connectivity index (χ1) is 8.61. The van der Waals surface area contributed by atoms with E-state index in [1.165, 1.54) is 12.8 Å². The van der Waals surface area contributed by atoms with E-state index in [1.54, 1.807) is 6.92 Å². The van der Waals surface area contributed by atoms with E-state index in [1.807, 2.05) is 6.92 Å². The van der Waals surface area contributed by atoms with Crippen LogP contribution in [0.15, 0.2) is 0 Å². The fraction of sp³-hybridized carbons (Fsp3) is 0.636. The maximum absolute atomic E-state index is 11.0. The summed E-state index contributed by atoms with van der Waals surface area (Å²) in [5, 5.41) is 17.1. The first-order valence-electron chi connectivity index (χ1n) is 6.12. The molecule has 7 heteroatoms. The third-order valence-corrected chi connectivity index (χ3v) is 2.83. The second-order valence-corrected chi connectivity index (χ2v) is 4.44. The topological polar surface area (TPSA) is 93.0 Å². The first-order valence-corrected chi connectivity index (χ1v) is 6.12. The van der Waals surface area contributed by atoms with Crippen LogP contribution in [0.4, 0.5) is 17.5 Å². The second-order valence-electron chi connectivity index (χ2n) is 4.44. The van der Waals surface area contributed by atoms with Crippen LogP contribution >= 0.6 is 0 Å². The number of rotatable bonds is 6. The van der Waals surface area contributed by atoms with Gasteiger partial charge in [0.15, 0.2) is 0 Å². The maximum atomic E-state index is 11.0. The second kappa shape index (κ2) is 5.16. The van der Waals surface area contributed by atoms with Gasteiger partial charge in [-0.1, -0.05) is 0 Å². The molecule has 0 unspecified atom stereocenters. The molecule has 1 aromatic heterocycles. The average Bonchev–Trinajstić information content (AvgIpc) is 3.09. The van der Waals surface area contributed by atoms with Crippen LogP contribution in [0.25, 0.3) is 0 Å². The van der Waals surface area contributed by atoms with Gasteiger partial charge in [-0.3, -0.25) is 10.1 Å². The van der Waals surface area contributed by atoms with Gasteiger partial charge in [0.1, 0.15) is 5.69 Å². The van der Waals surface area contributed by atoms with Gasteiger partial charge in [-0.2, -0.15) is 4.98 Å². The quantitative estimate of drug-likeness (QED) is 0.593. The Morgan fingerprint density at radius 1 is 1.39 bits per heavy atom. The van der Waals surface area contributed by atoms with Crippen molar-refractivity contribution in [2.24, 2.45) is 5.92 Å². The summed E-state index contributed by atoms with van der Waals surface area (Å²) in [7, 11) is 0. The summed E-state index contributed by atoms with van der Waals surface area (Å²) in [5.41, 5.74) is 0.349. The highest BCUT2D eigenvalue weighted by atomic mass is 16.6. The number of nitro groups is 1. The zero-order chi connectivity index (χ0) is 13.1. The zero-order valence-corrected chi connectivity index (χ0v) is 10.6. The number of hydrogen-bond acceptors (Lipinski definition) is 6. The molecule has 1 fully saturated rings. The van der Waals surface area contributed by atoms with Crippen LogP contribution in [0, 0.1) is 23.0 Å². The Hall–Kier alpha value is -1.92. The number of aryl methyl sites for hydroxylation is 1. The molecule has 0 bridgehead atoms. The summed E-state index contributed by atoms with van der Waals surface area (Å²) in [5.74, 6) is 1.37. The van der Waals surface area contributed by atoms with Crippen molar-refractivity contribution < 1.29 is 4.92 Å². The van der Waals surface area contributed by atoms with Crippen molar-refractivity contribution in [3.05, 3.63) is 15.8 Å². The summed E-state index contributed by atoms with van der Waals surface area (Å²) in [6, 6.07) is 0. The lowest BCUT2D eigenvalue weighted by molar-refractivity contribution is -0.385. The lowest BCUT2D eigenvalue weighted by Gasteiger charge is -2.09. The van der Waals surface area contributed by atoms with Gasteiger partial charge < -0.3 is 10.6 Å². The predicted molar refractivity (Wildman–Crippen MR) is 68.8 cm³/mol. The minimum absolute atomic E-state index is 0.0303. The molecule has 1 heterocycles. The van der Waals surface area contributed by atoms with Crippen LogP contribution < -0.4 is 10.6 Å². The van der Waals surface area contributed by atoms with Crippen LogP contribution in [0.5, 0.6) is 0 Å². The van der Waals surface area contributed by atoms with E-state index in [4.69, 9.17) is 0 Å². The summed E-state index contributed by atoms with van der Waals surface area (Å²) in [4.78, 5) is 18.9. The fourth-order valence-corrected chi connectivity index (χ4v) is 1.71. The number of anilines is 2. The molecule has 1 aromatic rings. The minimum Gasteiger partial charge on any atom is -0.364 e. The van der Waals surface area contributed by atoms with Gasteiger partial charge in [0.05, 0.1) is 4.92 Å². The van der Waals surface area contributed by atoms with Crippen molar-refractivity contribution in [2.45, 2.75) is 26.7 Å². The van der Waals surface area contributed by atoms with Crippen LogP contribution in [-0.4, -0.2) is 28.0 Å². The predicted octanol–water partition coefficient (Wildman–Crippen LogP) is 1.95. The van der Waals surface area contributed by atoms with Crippen LogP contribution in [-0.2, 0) is 0 Å². The first kappa shape index (κ1) is 12.5. The van der Waals surface area contributed by atoms with Gasteiger partial charge in [0.2, 0.25) is 11.8 Å². The van der Waals surface area contributed by atoms with Crippen LogP contribution in [0.1, 0.15) is 25.5 Å². The molecule has 7 nitrogen and oxygen atoms in total. The van der Waals surface area contributed by atoms with Crippen molar-refractivity contribution in [2.75, 3.05) is 23.7 Å². The SMILES string of the molecule is CCNc1nc(C)c([N+](=O)[O-])c(NCC2CC2)n1. The molecule has 0 radical (unpaired) electrons. The maximum Gasteiger partial charge on any atom is 0.332 e. The Morgan fingerprint density at radius 2 is 2.11 bits per heavy atom. The van der Waals surface area contributed by atoms with Crippen molar-refractivity contribution in [1.29, 1.82) is 0 Å². The summed E-state index contributed by atoms with van der Waals surface area (Å²) in [6.07, 6.45) is 2.37. The number of nitrogens with one attached hydrogen (secondary N) is 2. The largest absolute Gasteiger partial charge is 0.364 e. The molecule has 0 aromatic carbocycles. The highest BCUT2D eigenvalue weighted by molar-refractivity contribution is 5.60. The molecule has 0 amide bonds. The molecule has 1 saturated carbocycles. The molecular weight excluding hydrogens is 234 g/mol. The Morgan fingerprint density at radius 3 is 2.67 bits per heavy atom. The molecule has 2 rings (SSSR count). The molecule has 0 spiro atoms. The van der Waals surface area contributed by atoms with E-state index in [2.05, 4.69) is 20.6 Å². The fourth-order valence-electron chi connectivity index (χ4n) is 1.71. The van der Waals surface area contributed by atoms with Gasteiger partial charge in [-0.05, 0) is 32.6 Å². The minimum atomic E-state index is -0.430. The van der Waals surface area contributed by atoms with E-state index in [0.29, 0.717) is 29.9 Å². The molecule has 0 atom stereocenters. The van der Waals surface area contributed by atoms with E-state index < -0.39 is 4.92 Å². The van der Waals surface area contributed by atoms with Crippen LogP contribution in [0.3, 0.4) is 0 Å². The van der Waals surface area contributed by atoms with E-state index in [0.717, 1.165) is 6.54 Å². The lowest BCUT2D eigenvalue weighted by atomic mass is 10.3. The Kier molecular flexibility index (Phi) is 3.59. The lowest BCUT2D eigenvalue weighted by Crippen LogP contribution is -2.12. The van der Waals surface area contributed by atoms with Crippen molar-refractivity contribution in [3.8, 4) is 0 Å². The standard InChI is InChI=1S/C11H17N5O2/c1-3-12-11-14-7(2)9(16(17)18)10(15-11)13-6-8-4-5-8/h8H,3-6H2,1-2H3,(H2,12,13,14,15). The Balaban J connectivity index is 2.27. The number of hydrogen-bond donors (Lipinski definition) is 2. The van der Waals surface area contributed by atoms with Crippen LogP contribution in [0.2, 0.25) is 0 Å². The molecule has 98 valence electrons. The van der Waals surface area contributed by atoms with Gasteiger partial charge in [-0.25, -0.2) is 4.98 Å². The van der Waals surface area contributed by atoms with Crippen molar-refractivity contribution in [3.63, 3.8) is 0 Å². The Labute approximate surface area is 105 Å². The third-order valence-electron chi connectivity index (χ3n) is 2.83. The average molecular weight is 251 g/mol. The van der Waals surface area contributed by atoms with Gasteiger partial charge in [0.25, 0.3) is 0 Å².